The number of halogens is 1. The molecule has 8 heteroatoms. The van der Waals surface area contributed by atoms with E-state index < -0.39 is 0 Å². The van der Waals surface area contributed by atoms with Crippen LogP contribution in [0.2, 0.25) is 0 Å². The van der Waals surface area contributed by atoms with Gasteiger partial charge < -0.3 is 18.9 Å². The lowest BCUT2D eigenvalue weighted by molar-refractivity contribution is -0.141. The van der Waals surface area contributed by atoms with Gasteiger partial charge in [0, 0.05) is 38.3 Å². The number of fused-ring (bicyclic) bond motifs is 1. The maximum Gasteiger partial charge on any atom is 0.311 e. The molecular weight excluding hydrogens is 384 g/mol. The zero-order valence-electron chi connectivity index (χ0n) is 15.4. The van der Waals surface area contributed by atoms with Gasteiger partial charge in [-0.25, -0.2) is 0 Å². The molecule has 0 aliphatic carbocycles. The number of ether oxygens (including phenoxy) is 2. The highest BCUT2D eigenvalue weighted by atomic mass is 35.5. The Bertz CT molecular complexity index is 943. The van der Waals surface area contributed by atoms with E-state index in [1.54, 1.807) is 22.7 Å². The zero-order valence-corrected chi connectivity index (χ0v) is 16.2. The lowest BCUT2D eigenvalue weighted by Gasteiger charge is -2.21. The Morgan fingerprint density at radius 3 is 2.64 bits per heavy atom. The molecule has 0 spiro atoms. The van der Waals surface area contributed by atoms with Crippen molar-refractivity contribution < 1.29 is 19.1 Å². The molecule has 2 atom stereocenters. The van der Waals surface area contributed by atoms with Crippen LogP contribution in [0.1, 0.15) is 16.1 Å². The Balaban J connectivity index is 0.00000225. The largest absolute Gasteiger partial charge is 0.483 e. The van der Waals surface area contributed by atoms with Crippen molar-refractivity contribution in [2.75, 3.05) is 19.7 Å². The standard InChI is InChI=1S/C20H20N2O5.ClH/c1-21-8-7-16(23)18(26-11-13-5-3-2-4-6-13)17(21)19(24)22-9-14-12-27-20(25)15(14)10-22;/h2-8,14-15H,9-12H2,1H3;1H/t14-,15-;/m1./s1. The molecule has 4 rings (SSSR count). The molecule has 28 heavy (non-hydrogen) atoms. The fraction of sp³-hybridized carbons (Fsp3) is 0.350. The zero-order chi connectivity index (χ0) is 19.0. The molecular formula is C20H21ClN2O5. The average Bonchev–Trinajstić information content (AvgIpc) is 3.25. The van der Waals surface area contributed by atoms with Crippen LogP contribution in [0.5, 0.6) is 5.75 Å². The summed E-state index contributed by atoms with van der Waals surface area (Å²) < 4.78 is 12.4. The maximum absolute atomic E-state index is 13.1. The summed E-state index contributed by atoms with van der Waals surface area (Å²) in [6.45, 7) is 1.29. The van der Waals surface area contributed by atoms with Gasteiger partial charge in [0.1, 0.15) is 6.61 Å². The van der Waals surface area contributed by atoms with E-state index in [1.165, 1.54) is 6.07 Å². The van der Waals surface area contributed by atoms with Gasteiger partial charge in [0.15, 0.2) is 11.4 Å². The predicted octanol–water partition coefficient (Wildman–Crippen LogP) is 1.63. The molecule has 0 unspecified atom stereocenters. The number of pyridine rings is 1. The molecule has 0 radical (unpaired) electrons. The number of benzene rings is 1. The molecule has 0 N–H and O–H groups in total. The smallest absolute Gasteiger partial charge is 0.311 e. The van der Waals surface area contributed by atoms with E-state index in [2.05, 4.69) is 0 Å². The first-order valence-corrected chi connectivity index (χ1v) is 8.87. The number of carbonyl (C=O) groups excluding carboxylic acids is 2. The predicted molar refractivity (Wildman–Crippen MR) is 104 cm³/mol. The number of amides is 1. The first kappa shape index (κ1) is 19.9. The molecule has 2 aromatic rings. The van der Waals surface area contributed by atoms with Gasteiger partial charge in [-0.3, -0.25) is 14.4 Å². The summed E-state index contributed by atoms with van der Waals surface area (Å²) in [6, 6.07) is 10.8. The fourth-order valence-electron chi connectivity index (χ4n) is 3.64. The number of hydrogen-bond acceptors (Lipinski definition) is 5. The molecule has 0 saturated carbocycles. The van der Waals surface area contributed by atoms with Crippen molar-refractivity contribution in [3.8, 4) is 5.75 Å². The number of rotatable bonds is 4. The molecule has 0 bridgehead atoms. The molecule has 3 heterocycles. The van der Waals surface area contributed by atoms with Gasteiger partial charge in [-0.15, -0.1) is 12.4 Å². The van der Waals surface area contributed by atoms with Gasteiger partial charge in [-0.2, -0.15) is 0 Å². The third-order valence-corrected chi connectivity index (χ3v) is 5.14. The number of nitrogens with zero attached hydrogens (tertiary/aromatic N) is 2. The summed E-state index contributed by atoms with van der Waals surface area (Å²) in [7, 11) is 1.70. The summed E-state index contributed by atoms with van der Waals surface area (Å²) in [4.78, 5) is 38.9. The van der Waals surface area contributed by atoms with Crippen molar-refractivity contribution in [3.63, 3.8) is 0 Å². The SMILES string of the molecule is Cl.Cn1ccc(=O)c(OCc2ccccc2)c1C(=O)N1C[C@@H]2COC(=O)[C@@H]2C1. The Kier molecular flexibility index (Phi) is 5.74. The van der Waals surface area contributed by atoms with E-state index in [0.29, 0.717) is 19.7 Å². The van der Waals surface area contributed by atoms with Crippen LogP contribution in [0.15, 0.2) is 47.4 Å². The van der Waals surface area contributed by atoms with E-state index in [1.807, 2.05) is 30.3 Å². The van der Waals surface area contributed by atoms with Crippen molar-refractivity contribution in [2.24, 2.45) is 18.9 Å². The quantitative estimate of drug-likeness (QED) is 0.724. The molecule has 1 aromatic heterocycles. The summed E-state index contributed by atoms with van der Waals surface area (Å²) in [5.41, 5.74) is 0.762. The van der Waals surface area contributed by atoms with E-state index in [0.717, 1.165) is 5.56 Å². The third kappa shape index (κ3) is 3.62. The Hall–Kier alpha value is -2.80. The minimum absolute atomic E-state index is 0. The topological polar surface area (TPSA) is 77.8 Å². The lowest BCUT2D eigenvalue weighted by atomic mass is 10.0. The van der Waals surface area contributed by atoms with Gasteiger partial charge in [-0.1, -0.05) is 30.3 Å². The highest BCUT2D eigenvalue weighted by Gasteiger charge is 2.46. The van der Waals surface area contributed by atoms with E-state index >= 15 is 0 Å². The molecule has 148 valence electrons. The molecule has 2 saturated heterocycles. The number of hydrogen-bond donors (Lipinski definition) is 0. The van der Waals surface area contributed by atoms with Crippen LogP contribution >= 0.6 is 12.4 Å². The van der Waals surface area contributed by atoms with Gasteiger partial charge >= 0.3 is 5.97 Å². The summed E-state index contributed by atoms with van der Waals surface area (Å²) >= 11 is 0. The first-order chi connectivity index (χ1) is 13.0. The van der Waals surface area contributed by atoms with Gasteiger partial charge in [0.05, 0.1) is 12.5 Å². The van der Waals surface area contributed by atoms with Crippen molar-refractivity contribution in [1.29, 1.82) is 0 Å². The normalized spacial score (nSPS) is 20.3. The van der Waals surface area contributed by atoms with E-state index in [9.17, 15) is 14.4 Å². The lowest BCUT2D eigenvalue weighted by Crippen LogP contribution is -2.34. The molecule has 2 aliphatic rings. The van der Waals surface area contributed by atoms with E-state index in [4.69, 9.17) is 9.47 Å². The first-order valence-electron chi connectivity index (χ1n) is 8.87. The number of carbonyl (C=O) groups is 2. The summed E-state index contributed by atoms with van der Waals surface area (Å²) in [5.74, 6) is -0.772. The minimum Gasteiger partial charge on any atom is -0.483 e. The second kappa shape index (κ2) is 8.06. The van der Waals surface area contributed by atoms with Crippen molar-refractivity contribution >= 4 is 24.3 Å². The van der Waals surface area contributed by atoms with Crippen molar-refractivity contribution in [1.82, 2.24) is 9.47 Å². The highest BCUT2D eigenvalue weighted by Crippen LogP contribution is 2.31. The van der Waals surface area contributed by atoms with Crippen LogP contribution in [0, 0.1) is 11.8 Å². The van der Waals surface area contributed by atoms with E-state index in [-0.39, 0.29) is 59.6 Å². The van der Waals surface area contributed by atoms with Crippen molar-refractivity contribution in [2.45, 2.75) is 6.61 Å². The van der Waals surface area contributed by atoms with Crippen LogP contribution in [-0.2, 0) is 23.2 Å². The Labute approximate surface area is 168 Å². The number of likely N-dealkylation sites (tertiary alicyclic amines) is 1. The van der Waals surface area contributed by atoms with Crippen molar-refractivity contribution in [3.05, 3.63) is 64.1 Å². The summed E-state index contributed by atoms with van der Waals surface area (Å²) in [6.07, 6.45) is 1.55. The maximum atomic E-state index is 13.1. The summed E-state index contributed by atoms with van der Waals surface area (Å²) in [5, 5.41) is 0. The molecule has 7 nitrogen and oxygen atoms in total. The Morgan fingerprint density at radius 2 is 1.93 bits per heavy atom. The molecule has 2 aliphatic heterocycles. The van der Waals surface area contributed by atoms with Crippen LogP contribution in [0.3, 0.4) is 0 Å². The van der Waals surface area contributed by atoms with Crippen LogP contribution < -0.4 is 10.2 Å². The molecule has 1 aromatic carbocycles. The second-order valence-electron chi connectivity index (χ2n) is 6.95. The van der Waals surface area contributed by atoms with Crippen LogP contribution in [0.4, 0.5) is 0 Å². The minimum atomic E-state index is -0.341. The third-order valence-electron chi connectivity index (χ3n) is 5.14. The average molecular weight is 405 g/mol. The fourth-order valence-corrected chi connectivity index (χ4v) is 3.64. The number of aromatic nitrogens is 1. The number of cyclic esters (lactones) is 1. The monoisotopic (exact) mass is 404 g/mol. The number of esters is 1. The Morgan fingerprint density at radius 1 is 1.18 bits per heavy atom. The van der Waals surface area contributed by atoms with Gasteiger partial charge in [0.2, 0.25) is 5.43 Å². The van der Waals surface area contributed by atoms with Crippen LogP contribution in [-0.4, -0.2) is 41.0 Å². The molecule has 2 fully saturated rings. The van der Waals surface area contributed by atoms with Gasteiger partial charge in [0.25, 0.3) is 5.91 Å². The molecule has 1 amide bonds. The second-order valence-corrected chi connectivity index (χ2v) is 6.95. The number of aryl methyl sites for hydroxylation is 1. The van der Waals surface area contributed by atoms with Gasteiger partial charge in [-0.05, 0) is 5.56 Å². The highest BCUT2D eigenvalue weighted by molar-refractivity contribution is 5.96. The van der Waals surface area contributed by atoms with Crippen LogP contribution in [0.25, 0.3) is 0 Å².